The SMILES string of the molecule is CCOc1cccc(COc2ccc(CC)cc2C)c1NC(=S)CC. The summed E-state index contributed by atoms with van der Waals surface area (Å²) in [6.45, 7) is 9.31. The first-order valence-electron chi connectivity index (χ1n) is 8.85. The molecule has 2 rings (SSSR count). The number of nitrogens with one attached hydrogen (secondary N) is 1. The summed E-state index contributed by atoms with van der Waals surface area (Å²) in [4.78, 5) is 0.789. The van der Waals surface area contributed by atoms with E-state index in [9.17, 15) is 0 Å². The quantitative estimate of drug-likeness (QED) is 0.615. The van der Waals surface area contributed by atoms with Crippen LogP contribution in [0.15, 0.2) is 36.4 Å². The molecule has 2 aromatic carbocycles. The Morgan fingerprint density at radius 1 is 1.04 bits per heavy atom. The molecule has 25 heavy (non-hydrogen) atoms. The molecule has 0 radical (unpaired) electrons. The van der Waals surface area contributed by atoms with Gasteiger partial charge >= 0.3 is 0 Å². The molecular formula is C21H27NO2S. The predicted molar refractivity (Wildman–Crippen MR) is 109 cm³/mol. The fourth-order valence-electron chi connectivity index (χ4n) is 2.59. The van der Waals surface area contributed by atoms with Crippen LogP contribution in [-0.2, 0) is 13.0 Å². The minimum absolute atomic E-state index is 0.460. The lowest BCUT2D eigenvalue weighted by atomic mass is 10.1. The Morgan fingerprint density at radius 3 is 2.48 bits per heavy atom. The van der Waals surface area contributed by atoms with E-state index in [2.05, 4.69) is 31.3 Å². The van der Waals surface area contributed by atoms with E-state index in [1.54, 1.807) is 0 Å². The first kappa shape index (κ1) is 19.3. The van der Waals surface area contributed by atoms with Gasteiger partial charge in [0.2, 0.25) is 0 Å². The molecule has 0 heterocycles. The first-order valence-corrected chi connectivity index (χ1v) is 9.26. The van der Waals surface area contributed by atoms with Gasteiger partial charge in [-0.3, -0.25) is 0 Å². The second-order valence-corrected chi connectivity index (χ2v) is 6.36. The number of anilines is 1. The molecule has 0 unspecified atom stereocenters. The van der Waals surface area contributed by atoms with Crippen molar-refractivity contribution in [2.24, 2.45) is 0 Å². The van der Waals surface area contributed by atoms with Crippen LogP contribution in [-0.4, -0.2) is 11.6 Å². The van der Waals surface area contributed by atoms with Crippen LogP contribution in [0.4, 0.5) is 5.69 Å². The number of benzene rings is 2. The van der Waals surface area contributed by atoms with Crippen LogP contribution in [0.1, 0.15) is 43.9 Å². The second kappa shape index (κ2) is 9.42. The van der Waals surface area contributed by atoms with Crippen LogP contribution in [0.3, 0.4) is 0 Å². The third-order valence-corrected chi connectivity index (χ3v) is 4.42. The first-order chi connectivity index (χ1) is 12.1. The highest BCUT2D eigenvalue weighted by molar-refractivity contribution is 7.80. The number of aryl methyl sites for hydroxylation is 2. The summed E-state index contributed by atoms with van der Waals surface area (Å²) in [6.07, 6.45) is 1.81. The lowest BCUT2D eigenvalue weighted by Crippen LogP contribution is -2.12. The predicted octanol–water partition coefficient (Wildman–Crippen LogP) is 5.68. The monoisotopic (exact) mass is 357 g/mol. The minimum atomic E-state index is 0.460. The van der Waals surface area contributed by atoms with Crippen molar-refractivity contribution < 1.29 is 9.47 Å². The molecule has 0 spiro atoms. The van der Waals surface area contributed by atoms with E-state index < -0.39 is 0 Å². The molecule has 0 saturated heterocycles. The minimum Gasteiger partial charge on any atom is -0.492 e. The van der Waals surface area contributed by atoms with Gasteiger partial charge in [0.25, 0.3) is 0 Å². The van der Waals surface area contributed by atoms with Gasteiger partial charge in [0.15, 0.2) is 0 Å². The smallest absolute Gasteiger partial charge is 0.143 e. The molecule has 4 heteroatoms. The molecule has 0 fully saturated rings. The lowest BCUT2D eigenvalue weighted by Gasteiger charge is -2.18. The van der Waals surface area contributed by atoms with Gasteiger partial charge in [0.05, 0.1) is 17.3 Å². The van der Waals surface area contributed by atoms with E-state index in [1.165, 1.54) is 5.56 Å². The summed E-state index contributed by atoms with van der Waals surface area (Å²) in [6, 6.07) is 12.3. The van der Waals surface area contributed by atoms with Gasteiger partial charge in [-0.25, -0.2) is 0 Å². The highest BCUT2D eigenvalue weighted by Crippen LogP contribution is 2.30. The van der Waals surface area contributed by atoms with Crippen LogP contribution in [0.25, 0.3) is 0 Å². The molecule has 134 valence electrons. The van der Waals surface area contributed by atoms with Gasteiger partial charge in [0.1, 0.15) is 18.1 Å². The zero-order valence-electron chi connectivity index (χ0n) is 15.5. The Bertz CT molecular complexity index is 728. The Hall–Kier alpha value is -2.07. The Kier molecular flexibility index (Phi) is 7.26. The summed E-state index contributed by atoms with van der Waals surface area (Å²) in [5.74, 6) is 1.71. The molecule has 0 aliphatic heterocycles. The molecule has 0 atom stereocenters. The number of ether oxygens (including phenoxy) is 2. The van der Waals surface area contributed by atoms with Gasteiger partial charge in [-0.05, 0) is 49.9 Å². The molecule has 0 aliphatic rings. The van der Waals surface area contributed by atoms with Crippen molar-refractivity contribution in [3.8, 4) is 11.5 Å². The topological polar surface area (TPSA) is 30.5 Å². The molecular weight excluding hydrogens is 330 g/mol. The average molecular weight is 358 g/mol. The Labute approximate surface area is 156 Å². The van der Waals surface area contributed by atoms with Gasteiger partial charge in [-0.15, -0.1) is 0 Å². The molecule has 0 bridgehead atoms. The van der Waals surface area contributed by atoms with E-state index in [1.807, 2.05) is 38.1 Å². The molecule has 0 saturated carbocycles. The van der Waals surface area contributed by atoms with Crippen molar-refractivity contribution in [1.82, 2.24) is 0 Å². The molecule has 2 aromatic rings. The lowest BCUT2D eigenvalue weighted by molar-refractivity contribution is 0.302. The molecule has 0 amide bonds. The second-order valence-electron chi connectivity index (χ2n) is 5.87. The van der Waals surface area contributed by atoms with Gasteiger partial charge in [-0.1, -0.05) is 50.3 Å². The van der Waals surface area contributed by atoms with E-state index in [0.717, 1.165) is 46.1 Å². The van der Waals surface area contributed by atoms with Crippen molar-refractivity contribution in [2.75, 3.05) is 11.9 Å². The highest BCUT2D eigenvalue weighted by atomic mass is 32.1. The number of hydrogen-bond acceptors (Lipinski definition) is 3. The maximum absolute atomic E-state index is 6.07. The summed E-state index contributed by atoms with van der Waals surface area (Å²) in [7, 11) is 0. The summed E-state index contributed by atoms with van der Waals surface area (Å²) in [5.41, 5.74) is 4.40. The van der Waals surface area contributed by atoms with E-state index in [0.29, 0.717) is 13.2 Å². The maximum Gasteiger partial charge on any atom is 0.143 e. The van der Waals surface area contributed by atoms with E-state index in [4.69, 9.17) is 21.7 Å². The van der Waals surface area contributed by atoms with E-state index >= 15 is 0 Å². The summed E-state index contributed by atoms with van der Waals surface area (Å²) in [5, 5.41) is 3.31. The standard InChI is InChI=1S/C21H27NO2S/c1-5-16-11-12-18(15(4)13-16)24-14-17-9-8-10-19(23-7-3)21(17)22-20(25)6-2/h8-13H,5-7,14H2,1-4H3,(H,22,25). The van der Waals surface area contributed by atoms with Crippen LogP contribution in [0, 0.1) is 6.92 Å². The number of hydrogen-bond donors (Lipinski definition) is 1. The summed E-state index contributed by atoms with van der Waals surface area (Å²) < 4.78 is 11.8. The largest absolute Gasteiger partial charge is 0.492 e. The van der Waals surface area contributed by atoms with Crippen LogP contribution < -0.4 is 14.8 Å². The van der Waals surface area contributed by atoms with Crippen molar-refractivity contribution in [1.29, 1.82) is 0 Å². The van der Waals surface area contributed by atoms with Gasteiger partial charge in [-0.2, -0.15) is 0 Å². The zero-order chi connectivity index (χ0) is 18.2. The normalized spacial score (nSPS) is 10.4. The van der Waals surface area contributed by atoms with Crippen molar-refractivity contribution >= 4 is 22.9 Å². The molecule has 1 N–H and O–H groups in total. The van der Waals surface area contributed by atoms with Crippen LogP contribution in [0.2, 0.25) is 0 Å². The zero-order valence-corrected chi connectivity index (χ0v) is 16.3. The number of para-hydroxylation sites is 1. The van der Waals surface area contributed by atoms with Crippen molar-refractivity contribution in [3.05, 3.63) is 53.1 Å². The van der Waals surface area contributed by atoms with Gasteiger partial charge in [0, 0.05) is 5.56 Å². The maximum atomic E-state index is 6.07. The molecule has 3 nitrogen and oxygen atoms in total. The summed E-state index contributed by atoms with van der Waals surface area (Å²) >= 11 is 5.36. The highest BCUT2D eigenvalue weighted by Gasteiger charge is 2.12. The average Bonchev–Trinajstić information content (AvgIpc) is 2.62. The molecule has 0 aromatic heterocycles. The molecule has 0 aliphatic carbocycles. The fourth-order valence-corrected chi connectivity index (χ4v) is 2.69. The Morgan fingerprint density at radius 2 is 1.84 bits per heavy atom. The third-order valence-electron chi connectivity index (χ3n) is 4.03. The fraction of sp³-hybridized carbons (Fsp3) is 0.381. The number of rotatable bonds is 8. The number of thiocarbonyl (C=S) groups is 1. The van der Waals surface area contributed by atoms with Crippen LogP contribution >= 0.6 is 12.2 Å². The van der Waals surface area contributed by atoms with Crippen molar-refractivity contribution in [2.45, 2.75) is 47.1 Å². The Balaban J connectivity index is 2.23. The van der Waals surface area contributed by atoms with Gasteiger partial charge < -0.3 is 14.8 Å². The van der Waals surface area contributed by atoms with E-state index in [-0.39, 0.29) is 0 Å². The van der Waals surface area contributed by atoms with Crippen LogP contribution in [0.5, 0.6) is 11.5 Å². The van der Waals surface area contributed by atoms with Crippen molar-refractivity contribution in [3.63, 3.8) is 0 Å². The third kappa shape index (κ3) is 5.20.